The van der Waals surface area contributed by atoms with Crippen molar-refractivity contribution in [1.29, 1.82) is 0 Å². The number of carboxylic acids is 1. The molecule has 0 fully saturated rings. The largest absolute Gasteiger partial charge is 0.476 e. The van der Waals surface area contributed by atoms with E-state index in [1.54, 1.807) is 42.7 Å². The van der Waals surface area contributed by atoms with Gasteiger partial charge in [-0.3, -0.25) is 0 Å². The Kier molecular flexibility index (Phi) is 4.69. The summed E-state index contributed by atoms with van der Waals surface area (Å²) in [4.78, 5) is 19.7. The lowest BCUT2D eigenvalue weighted by Gasteiger charge is -2.10. The van der Waals surface area contributed by atoms with Gasteiger partial charge in [0.25, 0.3) is 0 Å². The highest BCUT2D eigenvalue weighted by Gasteiger charge is 2.19. The Morgan fingerprint density at radius 3 is 2.54 bits per heavy atom. The smallest absolute Gasteiger partial charge is 0.356 e. The summed E-state index contributed by atoms with van der Waals surface area (Å²) in [5, 5.41) is 12.8. The van der Waals surface area contributed by atoms with Gasteiger partial charge >= 0.3 is 5.97 Å². The quantitative estimate of drug-likeness (QED) is 0.700. The van der Waals surface area contributed by atoms with Crippen LogP contribution in [0.15, 0.2) is 47.1 Å². The van der Waals surface area contributed by atoms with Crippen molar-refractivity contribution in [3.63, 3.8) is 0 Å². The number of benzene rings is 1. The first-order chi connectivity index (χ1) is 11.5. The maximum Gasteiger partial charge on any atom is 0.356 e. The monoisotopic (exact) mass is 363 g/mol. The van der Waals surface area contributed by atoms with E-state index in [0.29, 0.717) is 22.9 Å². The topological polar surface area (TPSA) is 88.2 Å². The summed E-state index contributed by atoms with van der Waals surface area (Å²) in [5.74, 6) is -0.130. The molecule has 2 heterocycles. The number of hydrogen-bond donors (Lipinski definition) is 2. The van der Waals surface area contributed by atoms with Crippen LogP contribution in [0, 0.1) is 0 Å². The van der Waals surface area contributed by atoms with Crippen LogP contribution in [0.25, 0.3) is 11.4 Å². The van der Waals surface area contributed by atoms with E-state index in [0.717, 1.165) is 0 Å². The maximum absolute atomic E-state index is 11.4. The van der Waals surface area contributed by atoms with E-state index in [4.69, 9.17) is 27.6 Å². The molecule has 0 saturated heterocycles. The molecular weight excluding hydrogens is 353 g/mol. The minimum atomic E-state index is -1.24. The number of aromatic carboxylic acids is 1. The van der Waals surface area contributed by atoms with E-state index in [9.17, 15) is 9.90 Å². The second kappa shape index (κ2) is 6.90. The van der Waals surface area contributed by atoms with Gasteiger partial charge in [-0.05, 0) is 36.4 Å². The summed E-state index contributed by atoms with van der Waals surface area (Å²) in [7, 11) is 0. The zero-order valence-corrected chi connectivity index (χ0v) is 13.7. The molecule has 2 aromatic heterocycles. The predicted molar refractivity (Wildman–Crippen MR) is 90.5 cm³/mol. The van der Waals surface area contributed by atoms with Crippen LogP contribution in [-0.4, -0.2) is 21.0 Å². The van der Waals surface area contributed by atoms with Gasteiger partial charge in [-0.2, -0.15) is 0 Å². The lowest BCUT2D eigenvalue weighted by atomic mass is 10.2. The van der Waals surface area contributed by atoms with Gasteiger partial charge in [0, 0.05) is 10.6 Å². The molecule has 0 bridgehead atoms. The Morgan fingerprint density at radius 1 is 1.17 bits per heavy atom. The van der Waals surface area contributed by atoms with E-state index in [-0.39, 0.29) is 22.4 Å². The van der Waals surface area contributed by atoms with Gasteiger partial charge in [-0.25, -0.2) is 14.8 Å². The minimum Gasteiger partial charge on any atom is -0.476 e. The third-order valence-corrected chi connectivity index (χ3v) is 3.78. The van der Waals surface area contributed by atoms with Crippen molar-refractivity contribution in [1.82, 2.24) is 9.97 Å². The maximum atomic E-state index is 11.4. The molecule has 0 atom stereocenters. The van der Waals surface area contributed by atoms with Crippen LogP contribution in [0.3, 0.4) is 0 Å². The molecule has 0 aliphatic carbocycles. The molecule has 3 rings (SSSR count). The van der Waals surface area contributed by atoms with Crippen LogP contribution in [0.1, 0.15) is 16.2 Å². The summed E-state index contributed by atoms with van der Waals surface area (Å²) >= 11 is 12.0. The number of halogens is 2. The van der Waals surface area contributed by atoms with Crippen molar-refractivity contribution < 1.29 is 14.3 Å². The number of rotatable bonds is 5. The van der Waals surface area contributed by atoms with Crippen LogP contribution in [0.5, 0.6) is 0 Å². The van der Waals surface area contributed by atoms with Gasteiger partial charge in [0.15, 0.2) is 11.5 Å². The van der Waals surface area contributed by atoms with Gasteiger partial charge in [-0.1, -0.05) is 23.2 Å². The molecule has 0 aliphatic rings. The second-order valence-electron chi connectivity index (χ2n) is 4.80. The van der Waals surface area contributed by atoms with E-state index < -0.39 is 5.97 Å². The Labute approximate surface area is 147 Å². The van der Waals surface area contributed by atoms with Crippen LogP contribution in [0.4, 0.5) is 5.82 Å². The molecule has 0 unspecified atom stereocenters. The Hall–Kier alpha value is -2.57. The predicted octanol–water partition coefficient (Wildman–Crippen LogP) is 4.35. The summed E-state index contributed by atoms with van der Waals surface area (Å²) in [5.41, 5.74) is 0.346. The molecule has 0 radical (unpaired) electrons. The molecule has 1 aromatic carbocycles. The van der Waals surface area contributed by atoms with E-state index in [2.05, 4.69) is 15.3 Å². The summed E-state index contributed by atoms with van der Waals surface area (Å²) in [6.45, 7) is 0.308. The van der Waals surface area contributed by atoms with Crippen LogP contribution >= 0.6 is 23.2 Å². The second-order valence-corrected chi connectivity index (χ2v) is 5.62. The van der Waals surface area contributed by atoms with Gasteiger partial charge in [0.05, 0.1) is 12.8 Å². The zero-order valence-electron chi connectivity index (χ0n) is 12.2. The van der Waals surface area contributed by atoms with Crippen LogP contribution in [0.2, 0.25) is 10.0 Å². The molecule has 0 spiro atoms. The lowest BCUT2D eigenvalue weighted by Crippen LogP contribution is -2.09. The van der Waals surface area contributed by atoms with Crippen LogP contribution in [-0.2, 0) is 6.54 Å². The number of aromatic nitrogens is 2. The number of nitrogens with one attached hydrogen (secondary N) is 1. The highest BCUT2D eigenvalue weighted by molar-refractivity contribution is 6.35. The summed E-state index contributed by atoms with van der Waals surface area (Å²) < 4.78 is 5.22. The van der Waals surface area contributed by atoms with Crippen molar-refractivity contribution in [2.24, 2.45) is 0 Å². The minimum absolute atomic E-state index is 0.0632. The molecule has 3 aromatic rings. The number of furan rings is 1. The zero-order chi connectivity index (χ0) is 17.1. The number of nitrogens with zero attached hydrogens (tertiary/aromatic N) is 2. The van der Waals surface area contributed by atoms with Crippen molar-refractivity contribution in [3.8, 4) is 11.4 Å². The normalized spacial score (nSPS) is 10.6. The Balaban J connectivity index is 2.00. The Morgan fingerprint density at radius 2 is 1.92 bits per heavy atom. The van der Waals surface area contributed by atoms with E-state index in [1.165, 1.54) is 0 Å². The van der Waals surface area contributed by atoms with Gasteiger partial charge in [-0.15, -0.1) is 0 Å². The van der Waals surface area contributed by atoms with Crippen molar-refractivity contribution in [3.05, 3.63) is 64.2 Å². The average Bonchev–Trinajstić information content (AvgIpc) is 3.08. The first-order valence-corrected chi connectivity index (χ1v) is 7.63. The van der Waals surface area contributed by atoms with Crippen LogP contribution < -0.4 is 5.32 Å². The fourth-order valence-corrected chi connectivity index (χ4v) is 2.38. The Bertz CT molecular complexity index is 865. The third-order valence-electron chi connectivity index (χ3n) is 3.17. The van der Waals surface area contributed by atoms with E-state index >= 15 is 0 Å². The molecule has 0 aliphatic heterocycles. The summed E-state index contributed by atoms with van der Waals surface area (Å²) in [6, 6.07) is 10.3. The van der Waals surface area contributed by atoms with Gasteiger partial charge in [0.1, 0.15) is 16.6 Å². The fourth-order valence-electron chi connectivity index (χ4n) is 2.02. The number of anilines is 1. The molecule has 122 valence electrons. The molecule has 0 saturated carbocycles. The molecule has 6 nitrogen and oxygen atoms in total. The third kappa shape index (κ3) is 3.50. The summed E-state index contributed by atoms with van der Waals surface area (Å²) in [6.07, 6.45) is 1.54. The number of carbonyl (C=O) groups is 1. The van der Waals surface area contributed by atoms with Crippen molar-refractivity contribution in [2.45, 2.75) is 6.54 Å². The standard InChI is InChI=1S/C16H11Cl2N3O3/c17-10-5-3-9(4-6-10)14-20-13(16(22)23)12(18)15(21-14)19-8-11-2-1-7-24-11/h1-7H,8H2,(H,22,23)(H,19,20,21). The van der Waals surface area contributed by atoms with Crippen molar-refractivity contribution >= 4 is 35.0 Å². The highest BCUT2D eigenvalue weighted by atomic mass is 35.5. The molecule has 8 heteroatoms. The van der Waals surface area contributed by atoms with E-state index in [1.807, 2.05) is 0 Å². The number of carboxylic acid groups (broad SMARTS) is 1. The molecular formula is C16H11Cl2N3O3. The van der Waals surface area contributed by atoms with Gasteiger partial charge in [0.2, 0.25) is 0 Å². The number of hydrogen-bond acceptors (Lipinski definition) is 5. The first-order valence-electron chi connectivity index (χ1n) is 6.87. The fraction of sp³-hybridized carbons (Fsp3) is 0.0625. The van der Waals surface area contributed by atoms with Gasteiger partial charge < -0.3 is 14.8 Å². The molecule has 0 amide bonds. The lowest BCUT2D eigenvalue weighted by molar-refractivity contribution is 0.0690. The molecule has 2 N–H and O–H groups in total. The molecule has 24 heavy (non-hydrogen) atoms. The average molecular weight is 364 g/mol. The van der Waals surface area contributed by atoms with Crippen molar-refractivity contribution in [2.75, 3.05) is 5.32 Å². The first kappa shape index (κ1) is 16.3. The SMILES string of the molecule is O=C(O)c1nc(-c2ccc(Cl)cc2)nc(NCc2ccco2)c1Cl. The highest BCUT2D eigenvalue weighted by Crippen LogP contribution is 2.28.